The minimum absolute atomic E-state index is 1.08. The van der Waals surface area contributed by atoms with Gasteiger partial charge in [-0.15, -0.1) is 0 Å². The molecule has 0 N–H and O–H groups in total. The molecule has 0 bridgehead atoms. The number of fused-ring (bicyclic) bond motifs is 3. The summed E-state index contributed by atoms with van der Waals surface area (Å²) in [6.07, 6.45) is 2.42. The maximum Gasteiger partial charge on any atom is 0.0492 e. The van der Waals surface area contributed by atoms with E-state index in [1.165, 1.54) is 46.0 Å². The highest BCUT2D eigenvalue weighted by molar-refractivity contribution is 6.09. The second-order valence-electron chi connectivity index (χ2n) is 6.62. The first kappa shape index (κ1) is 15.8. The number of aryl methyl sites for hydroxylation is 1. The van der Waals surface area contributed by atoms with Crippen LogP contribution in [0.4, 0.5) is 11.4 Å². The maximum absolute atomic E-state index is 2.47. The lowest BCUT2D eigenvalue weighted by Gasteiger charge is -2.19. The summed E-state index contributed by atoms with van der Waals surface area (Å²) in [7, 11) is 2.13. The van der Waals surface area contributed by atoms with E-state index in [1.54, 1.807) is 0 Å². The highest BCUT2D eigenvalue weighted by atomic mass is 15.1. The van der Waals surface area contributed by atoms with Crippen molar-refractivity contribution in [1.29, 1.82) is 0 Å². The van der Waals surface area contributed by atoms with Gasteiger partial charge in [-0.2, -0.15) is 0 Å². The van der Waals surface area contributed by atoms with Gasteiger partial charge < -0.3 is 9.47 Å². The van der Waals surface area contributed by atoms with Gasteiger partial charge in [-0.05, 0) is 42.8 Å². The fourth-order valence-corrected chi connectivity index (χ4v) is 3.61. The van der Waals surface area contributed by atoms with Gasteiger partial charge in [-0.1, -0.05) is 49.7 Å². The number of aromatic nitrogens is 1. The van der Waals surface area contributed by atoms with Crippen molar-refractivity contribution in [1.82, 2.24) is 4.57 Å². The highest BCUT2D eigenvalue weighted by Crippen LogP contribution is 2.33. The summed E-state index contributed by atoms with van der Waals surface area (Å²) in [4.78, 5) is 2.25. The van der Waals surface area contributed by atoms with Crippen molar-refractivity contribution in [3.63, 3.8) is 0 Å². The Labute approximate surface area is 149 Å². The number of rotatable bonds is 5. The summed E-state index contributed by atoms with van der Waals surface area (Å²) >= 11 is 0. The molecule has 2 heteroatoms. The van der Waals surface area contributed by atoms with E-state index in [0.29, 0.717) is 0 Å². The van der Waals surface area contributed by atoms with E-state index in [0.717, 1.165) is 6.54 Å². The van der Waals surface area contributed by atoms with Crippen LogP contribution in [0.15, 0.2) is 72.8 Å². The minimum Gasteiger partial charge on any atom is -0.345 e. The first-order chi connectivity index (χ1) is 12.3. The molecule has 3 aromatic carbocycles. The number of anilines is 2. The predicted molar refractivity (Wildman–Crippen MR) is 109 cm³/mol. The van der Waals surface area contributed by atoms with Crippen molar-refractivity contribution in [2.45, 2.75) is 26.3 Å². The van der Waals surface area contributed by atoms with Gasteiger partial charge in [0.2, 0.25) is 0 Å². The molecule has 126 valence electrons. The fraction of sp³-hybridized carbons (Fsp3) is 0.217. The Morgan fingerprint density at radius 3 is 2.28 bits per heavy atom. The zero-order valence-corrected chi connectivity index (χ0v) is 14.9. The third-order valence-corrected chi connectivity index (χ3v) is 5.02. The number of benzene rings is 3. The molecule has 0 saturated carbocycles. The molecule has 0 saturated heterocycles. The Morgan fingerprint density at radius 2 is 1.48 bits per heavy atom. The number of unbranched alkanes of at least 4 members (excludes halogenated alkanes) is 1. The molecule has 0 atom stereocenters. The summed E-state index contributed by atoms with van der Waals surface area (Å²) in [5.41, 5.74) is 5.10. The molecule has 4 rings (SSSR count). The first-order valence-electron chi connectivity index (χ1n) is 9.09. The average molecular weight is 328 g/mol. The molecule has 0 spiro atoms. The standard InChI is InChI=1S/C23H24N2/c1-3-4-16-25-22-13-9-8-12-20(22)21-17-19(14-15-23(21)25)24(2)18-10-6-5-7-11-18/h5-15,17H,3-4,16H2,1-2H3. The van der Waals surface area contributed by atoms with E-state index in [-0.39, 0.29) is 0 Å². The molecule has 1 heterocycles. The zero-order chi connectivity index (χ0) is 17.2. The summed E-state index contributed by atoms with van der Waals surface area (Å²) < 4.78 is 2.47. The molecule has 0 aliphatic carbocycles. The first-order valence-corrected chi connectivity index (χ1v) is 9.09. The van der Waals surface area contributed by atoms with Gasteiger partial charge in [0.15, 0.2) is 0 Å². The van der Waals surface area contributed by atoms with Crippen LogP contribution in [0.3, 0.4) is 0 Å². The van der Waals surface area contributed by atoms with Crippen molar-refractivity contribution < 1.29 is 0 Å². The van der Waals surface area contributed by atoms with Crippen molar-refractivity contribution in [3.05, 3.63) is 72.8 Å². The molecule has 4 aromatic rings. The van der Waals surface area contributed by atoms with E-state index in [2.05, 4.69) is 96.2 Å². The Balaban J connectivity index is 1.87. The third kappa shape index (κ3) is 2.78. The SMILES string of the molecule is CCCCn1c2ccccc2c2cc(N(C)c3ccccc3)ccc21. The molecule has 0 amide bonds. The molecule has 0 aliphatic heterocycles. The summed E-state index contributed by atoms with van der Waals surface area (Å²) in [5.74, 6) is 0. The van der Waals surface area contributed by atoms with E-state index >= 15 is 0 Å². The van der Waals surface area contributed by atoms with E-state index in [4.69, 9.17) is 0 Å². The lowest BCUT2D eigenvalue weighted by atomic mass is 10.1. The van der Waals surface area contributed by atoms with Gasteiger partial charge in [0.25, 0.3) is 0 Å². The molecule has 0 fully saturated rings. The second-order valence-corrected chi connectivity index (χ2v) is 6.62. The third-order valence-electron chi connectivity index (χ3n) is 5.02. The predicted octanol–water partition coefficient (Wildman–Crippen LogP) is 6.36. The van der Waals surface area contributed by atoms with Gasteiger partial charge in [0.1, 0.15) is 0 Å². The van der Waals surface area contributed by atoms with Crippen molar-refractivity contribution in [2.24, 2.45) is 0 Å². The number of hydrogen-bond donors (Lipinski definition) is 0. The maximum atomic E-state index is 2.47. The normalized spacial score (nSPS) is 11.3. The van der Waals surface area contributed by atoms with Crippen LogP contribution in [0.5, 0.6) is 0 Å². The largest absolute Gasteiger partial charge is 0.345 e. The lowest BCUT2D eigenvalue weighted by molar-refractivity contribution is 0.665. The van der Waals surface area contributed by atoms with Crippen LogP contribution < -0.4 is 4.90 Å². The van der Waals surface area contributed by atoms with Crippen molar-refractivity contribution in [3.8, 4) is 0 Å². The number of hydrogen-bond acceptors (Lipinski definition) is 1. The summed E-state index contributed by atoms with van der Waals surface area (Å²) in [6, 6.07) is 26.1. The van der Waals surface area contributed by atoms with Crippen LogP contribution in [0.1, 0.15) is 19.8 Å². The molecule has 25 heavy (non-hydrogen) atoms. The number of para-hydroxylation sites is 2. The highest BCUT2D eigenvalue weighted by Gasteiger charge is 2.12. The van der Waals surface area contributed by atoms with Gasteiger partial charge in [0, 0.05) is 46.8 Å². The monoisotopic (exact) mass is 328 g/mol. The molecule has 0 aliphatic rings. The van der Waals surface area contributed by atoms with Crippen LogP contribution in [0.2, 0.25) is 0 Å². The number of nitrogens with zero attached hydrogens (tertiary/aromatic N) is 2. The molecule has 1 aromatic heterocycles. The van der Waals surface area contributed by atoms with Crippen LogP contribution in [-0.4, -0.2) is 11.6 Å². The van der Waals surface area contributed by atoms with E-state index in [1.807, 2.05) is 0 Å². The molecule has 0 radical (unpaired) electrons. The van der Waals surface area contributed by atoms with Gasteiger partial charge in [0.05, 0.1) is 0 Å². The average Bonchev–Trinajstić information content (AvgIpc) is 2.99. The Morgan fingerprint density at radius 1 is 0.760 bits per heavy atom. The Kier molecular flexibility index (Phi) is 4.19. The summed E-state index contributed by atoms with van der Waals surface area (Å²) in [6.45, 7) is 3.33. The smallest absolute Gasteiger partial charge is 0.0492 e. The Hall–Kier alpha value is -2.74. The minimum atomic E-state index is 1.08. The van der Waals surface area contributed by atoms with E-state index < -0.39 is 0 Å². The topological polar surface area (TPSA) is 8.17 Å². The van der Waals surface area contributed by atoms with Gasteiger partial charge in [-0.25, -0.2) is 0 Å². The molecule has 2 nitrogen and oxygen atoms in total. The Bertz CT molecular complexity index is 999. The molecule has 0 unspecified atom stereocenters. The molecular weight excluding hydrogens is 304 g/mol. The van der Waals surface area contributed by atoms with Crippen molar-refractivity contribution in [2.75, 3.05) is 11.9 Å². The van der Waals surface area contributed by atoms with Crippen LogP contribution in [-0.2, 0) is 6.54 Å². The van der Waals surface area contributed by atoms with Crippen LogP contribution in [0, 0.1) is 0 Å². The van der Waals surface area contributed by atoms with Crippen molar-refractivity contribution >= 4 is 33.2 Å². The van der Waals surface area contributed by atoms with Crippen LogP contribution >= 0.6 is 0 Å². The van der Waals surface area contributed by atoms with E-state index in [9.17, 15) is 0 Å². The molecular formula is C23H24N2. The summed E-state index contributed by atoms with van der Waals surface area (Å²) in [5, 5.41) is 2.68. The zero-order valence-electron chi connectivity index (χ0n) is 14.9. The lowest BCUT2D eigenvalue weighted by Crippen LogP contribution is -2.08. The van der Waals surface area contributed by atoms with Gasteiger partial charge >= 0.3 is 0 Å². The fourth-order valence-electron chi connectivity index (χ4n) is 3.61. The van der Waals surface area contributed by atoms with Crippen LogP contribution in [0.25, 0.3) is 21.8 Å². The second kappa shape index (κ2) is 6.64. The quantitative estimate of drug-likeness (QED) is 0.413. The van der Waals surface area contributed by atoms with Gasteiger partial charge in [-0.3, -0.25) is 0 Å².